The number of nitrogens with two attached hydrogens (primary N) is 1. The number of aryl methyl sites for hydroxylation is 1. The van der Waals surface area contributed by atoms with Crippen molar-refractivity contribution in [3.05, 3.63) is 35.4 Å². The lowest BCUT2D eigenvalue weighted by atomic mass is 9.86. The molecule has 3 heteroatoms. The second-order valence-corrected chi connectivity index (χ2v) is 5.99. The fraction of sp³-hybridized carbons (Fsp3) is 0.533. The second-order valence-electron chi connectivity index (χ2n) is 5.99. The molecule has 0 spiro atoms. The molecule has 2 atom stereocenters. The van der Waals surface area contributed by atoms with Gasteiger partial charge in [0, 0.05) is 0 Å². The molecule has 0 saturated carbocycles. The van der Waals surface area contributed by atoms with Crippen molar-refractivity contribution in [1.29, 1.82) is 0 Å². The summed E-state index contributed by atoms with van der Waals surface area (Å²) >= 11 is 0. The van der Waals surface area contributed by atoms with Crippen molar-refractivity contribution in [2.24, 2.45) is 11.1 Å². The van der Waals surface area contributed by atoms with Gasteiger partial charge in [-0.3, -0.25) is 4.79 Å². The van der Waals surface area contributed by atoms with Gasteiger partial charge < -0.3 is 11.1 Å². The molecule has 0 saturated heterocycles. The van der Waals surface area contributed by atoms with Crippen molar-refractivity contribution in [2.75, 3.05) is 0 Å². The Kier molecular flexibility index (Phi) is 4.52. The second kappa shape index (κ2) is 5.53. The predicted octanol–water partition coefficient (Wildman–Crippen LogP) is 2.55. The number of nitrogens with one attached hydrogen (secondary N) is 1. The van der Waals surface area contributed by atoms with Gasteiger partial charge in [-0.2, -0.15) is 0 Å². The van der Waals surface area contributed by atoms with Crippen LogP contribution in [0.2, 0.25) is 0 Å². The van der Waals surface area contributed by atoms with Crippen LogP contribution in [0.1, 0.15) is 44.9 Å². The van der Waals surface area contributed by atoms with E-state index in [0.717, 1.165) is 5.56 Å². The van der Waals surface area contributed by atoms with E-state index in [4.69, 9.17) is 5.73 Å². The normalized spacial score (nSPS) is 15.0. The van der Waals surface area contributed by atoms with Crippen LogP contribution in [-0.2, 0) is 4.79 Å². The highest BCUT2D eigenvalue weighted by Gasteiger charge is 2.28. The van der Waals surface area contributed by atoms with Crippen LogP contribution < -0.4 is 11.1 Å². The molecule has 1 amide bonds. The van der Waals surface area contributed by atoms with Gasteiger partial charge in [-0.15, -0.1) is 0 Å². The number of rotatable bonds is 3. The average molecular weight is 248 g/mol. The third kappa shape index (κ3) is 3.84. The molecule has 1 aromatic rings. The van der Waals surface area contributed by atoms with E-state index in [1.54, 1.807) is 0 Å². The predicted molar refractivity (Wildman–Crippen MR) is 75.2 cm³/mol. The lowest BCUT2D eigenvalue weighted by molar-refractivity contribution is -0.125. The molecular formula is C15H24N2O. The largest absolute Gasteiger partial charge is 0.348 e. The Morgan fingerprint density at radius 2 is 1.94 bits per heavy atom. The molecule has 3 N–H and O–H groups in total. The van der Waals surface area contributed by atoms with Crippen LogP contribution in [-0.4, -0.2) is 11.9 Å². The van der Waals surface area contributed by atoms with Crippen LogP contribution in [0, 0.1) is 12.3 Å². The van der Waals surface area contributed by atoms with Crippen LogP contribution in [0.5, 0.6) is 0 Å². The smallest absolute Gasteiger partial charge is 0.237 e. The van der Waals surface area contributed by atoms with Crippen molar-refractivity contribution in [3.8, 4) is 0 Å². The van der Waals surface area contributed by atoms with Crippen molar-refractivity contribution in [2.45, 2.75) is 46.7 Å². The van der Waals surface area contributed by atoms with Crippen LogP contribution in [0.15, 0.2) is 24.3 Å². The first-order valence-corrected chi connectivity index (χ1v) is 6.34. The molecule has 1 unspecified atom stereocenters. The minimum atomic E-state index is -0.496. The maximum absolute atomic E-state index is 12.0. The number of hydrogen-bond donors (Lipinski definition) is 2. The van der Waals surface area contributed by atoms with Crippen molar-refractivity contribution in [1.82, 2.24) is 5.32 Å². The lowest BCUT2D eigenvalue weighted by Gasteiger charge is -2.27. The van der Waals surface area contributed by atoms with Gasteiger partial charge in [0.15, 0.2) is 0 Å². The summed E-state index contributed by atoms with van der Waals surface area (Å²) in [5.74, 6) is -0.100. The zero-order chi connectivity index (χ0) is 13.9. The van der Waals surface area contributed by atoms with E-state index in [9.17, 15) is 4.79 Å². The van der Waals surface area contributed by atoms with Gasteiger partial charge >= 0.3 is 0 Å². The number of amides is 1. The molecule has 0 aliphatic carbocycles. The molecule has 0 radical (unpaired) electrons. The maximum atomic E-state index is 12.0. The maximum Gasteiger partial charge on any atom is 0.237 e. The van der Waals surface area contributed by atoms with E-state index in [-0.39, 0.29) is 17.4 Å². The Bertz CT molecular complexity index is 421. The molecule has 0 aliphatic rings. The number of benzene rings is 1. The third-order valence-corrected chi connectivity index (χ3v) is 3.12. The van der Waals surface area contributed by atoms with E-state index in [1.807, 2.05) is 52.8 Å². The molecule has 0 aromatic heterocycles. The number of carbonyl (C=O) groups is 1. The zero-order valence-electron chi connectivity index (χ0n) is 11.9. The Balaban J connectivity index is 2.71. The van der Waals surface area contributed by atoms with Gasteiger partial charge in [-0.05, 0) is 24.8 Å². The molecule has 1 aromatic carbocycles. The quantitative estimate of drug-likeness (QED) is 0.863. The Labute approximate surface area is 110 Å². The van der Waals surface area contributed by atoms with E-state index in [0.29, 0.717) is 0 Å². The summed E-state index contributed by atoms with van der Waals surface area (Å²) in [4.78, 5) is 12.0. The third-order valence-electron chi connectivity index (χ3n) is 3.12. The number of carbonyl (C=O) groups excluding carboxylic acids is 1. The Morgan fingerprint density at radius 1 is 1.33 bits per heavy atom. The lowest BCUT2D eigenvalue weighted by Crippen LogP contribution is -2.49. The summed E-state index contributed by atoms with van der Waals surface area (Å²) in [6, 6.07) is 7.61. The molecule has 0 heterocycles. The summed E-state index contributed by atoms with van der Waals surface area (Å²) in [5, 5.41) is 2.97. The topological polar surface area (TPSA) is 55.1 Å². The SMILES string of the molecule is Cc1cccc([C@H](C)NC(=O)C(N)C(C)(C)C)c1. The zero-order valence-corrected chi connectivity index (χ0v) is 11.9. The van der Waals surface area contributed by atoms with Crippen molar-refractivity contribution in [3.63, 3.8) is 0 Å². The van der Waals surface area contributed by atoms with Gasteiger partial charge in [0.25, 0.3) is 0 Å². The first kappa shape index (κ1) is 14.7. The first-order chi connectivity index (χ1) is 8.21. The van der Waals surface area contributed by atoms with Gasteiger partial charge in [0.05, 0.1) is 12.1 Å². The fourth-order valence-corrected chi connectivity index (χ4v) is 1.72. The van der Waals surface area contributed by atoms with Gasteiger partial charge in [0.1, 0.15) is 0 Å². The van der Waals surface area contributed by atoms with Gasteiger partial charge in [-0.25, -0.2) is 0 Å². The highest BCUT2D eigenvalue weighted by Crippen LogP contribution is 2.19. The Morgan fingerprint density at radius 3 is 2.44 bits per heavy atom. The van der Waals surface area contributed by atoms with E-state index in [1.165, 1.54) is 5.56 Å². The van der Waals surface area contributed by atoms with Crippen molar-refractivity contribution >= 4 is 5.91 Å². The summed E-state index contributed by atoms with van der Waals surface area (Å²) in [5.41, 5.74) is 8.00. The molecule has 100 valence electrons. The fourth-order valence-electron chi connectivity index (χ4n) is 1.72. The summed E-state index contributed by atoms with van der Waals surface area (Å²) in [6.07, 6.45) is 0. The van der Waals surface area contributed by atoms with Crippen LogP contribution >= 0.6 is 0 Å². The molecule has 0 bridgehead atoms. The molecular weight excluding hydrogens is 224 g/mol. The molecule has 18 heavy (non-hydrogen) atoms. The van der Waals surface area contributed by atoms with Crippen LogP contribution in [0.3, 0.4) is 0 Å². The minimum Gasteiger partial charge on any atom is -0.348 e. The summed E-state index contributed by atoms with van der Waals surface area (Å²) in [7, 11) is 0. The van der Waals surface area contributed by atoms with Crippen LogP contribution in [0.4, 0.5) is 0 Å². The van der Waals surface area contributed by atoms with Gasteiger partial charge in [0.2, 0.25) is 5.91 Å². The van der Waals surface area contributed by atoms with Gasteiger partial charge in [-0.1, -0.05) is 50.6 Å². The van der Waals surface area contributed by atoms with E-state index < -0.39 is 6.04 Å². The van der Waals surface area contributed by atoms with Crippen LogP contribution in [0.25, 0.3) is 0 Å². The summed E-state index contributed by atoms with van der Waals surface area (Å²) in [6.45, 7) is 9.92. The first-order valence-electron chi connectivity index (χ1n) is 6.34. The standard InChI is InChI=1S/C15H24N2O/c1-10-7-6-8-12(9-10)11(2)17-14(18)13(16)15(3,4)5/h6-9,11,13H,16H2,1-5H3,(H,17,18)/t11-,13?/m0/s1. The number of hydrogen-bond acceptors (Lipinski definition) is 2. The van der Waals surface area contributed by atoms with E-state index in [2.05, 4.69) is 11.4 Å². The summed E-state index contributed by atoms with van der Waals surface area (Å²) < 4.78 is 0. The monoisotopic (exact) mass is 248 g/mol. The highest BCUT2D eigenvalue weighted by atomic mass is 16.2. The van der Waals surface area contributed by atoms with Crippen molar-refractivity contribution < 1.29 is 4.79 Å². The minimum absolute atomic E-state index is 0.0224. The average Bonchev–Trinajstić information content (AvgIpc) is 2.26. The molecule has 1 rings (SSSR count). The highest BCUT2D eigenvalue weighted by molar-refractivity contribution is 5.82. The molecule has 0 fully saturated rings. The van der Waals surface area contributed by atoms with E-state index >= 15 is 0 Å². The Hall–Kier alpha value is -1.35. The molecule has 0 aliphatic heterocycles. The molecule has 3 nitrogen and oxygen atoms in total.